The third-order valence-corrected chi connectivity index (χ3v) is 17.3. The van der Waals surface area contributed by atoms with Gasteiger partial charge < -0.3 is 30.9 Å². The van der Waals surface area contributed by atoms with Gasteiger partial charge in [-0.1, -0.05) is 39.2 Å². The maximum atomic E-state index is 14.8. The Balaban J connectivity index is 0.840. The van der Waals surface area contributed by atoms with Gasteiger partial charge in [-0.25, -0.2) is 4.79 Å². The van der Waals surface area contributed by atoms with Crippen LogP contribution in [0.1, 0.15) is 142 Å². The number of ketones is 1. The number of rotatable bonds is 15. The number of piperidine rings is 1. The van der Waals surface area contributed by atoms with Crippen molar-refractivity contribution < 1.29 is 33.5 Å². The number of ether oxygens (including phenoxy) is 1. The Morgan fingerprint density at radius 3 is 1.95 bits per heavy atom. The molecule has 0 aromatic carbocycles. The van der Waals surface area contributed by atoms with Crippen molar-refractivity contribution >= 4 is 35.5 Å². The van der Waals surface area contributed by atoms with Crippen LogP contribution in [0.15, 0.2) is 12.7 Å². The van der Waals surface area contributed by atoms with E-state index in [4.69, 9.17) is 4.74 Å². The summed E-state index contributed by atoms with van der Waals surface area (Å²) in [7, 11) is 0. The zero-order valence-electron chi connectivity index (χ0n) is 35.6. The normalized spacial score (nSPS) is 39.1. The van der Waals surface area contributed by atoms with Crippen LogP contribution in [0.2, 0.25) is 0 Å². The summed E-state index contributed by atoms with van der Waals surface area (Å²) >= 11 is 0. The van der Waals surface area contributed by atoms with Gasteiger partial charge in [0.25, 0.3) is 5.91 Å². The number of likely N-dealkylation sites (tertiary alicyclic amines) is 1. The molecule has 59 heavy (non-hydrogen) atoms. The van der Waals surface area contributed by atoms with Crippen LogP contribution >= 0.6 is 0 Å². The number of esters is 1. The first-order chi connectivity index (χ1) is 28.2. The first-order valence-corrected chi connectivity index (χ1v) is 23.6. The number of Topliss-reactive ketones (excluding diaryl/α,β-unsaturated/α-hetero) is 1. The Morgan fingerprint density at radius 2 is 1.37 bits per heavy atom. The average Bonchev–Trinajstić information content (AvgIpc) is 3.46. The Bertz CT molecular complexity index is 1650. The van der Waals surface area contributed by atoms with Crippen molar-refractivity contribution in [2.45, 2.75) is 172 Å². The van der Waals surface area contributed by atoms with Crippen LogP contribution in [0.5, 0.6) is 0 Å². The highest BCUT2D eigenvalue weighted by atomic mass is 16.6. The second-order valence-electron chi connectivity index (χ2n) is 21.9. The Morgan fingerprint density at radius 1 is 0.797 bits per heavy atom. The highest BCUT2D eigenvalue weighted by Gasteiger charge is 2.70. The van der Waals surface area contributed by atoms with Gasteiger partial charge in [0.2, 0.25) is 17.6 Å². The largest absolute Gasteiger partial charge is 0.459 e. The molecule has 10 aliphatic carbocycles. The third-order valence-electron chi connectivity index (χ3n) is 17.3. The molecular weight excluding hydrogens is 747 g/mol. The van der Waals surface area contributed by atoms with Crippen LogP contribution in [-0.4, -0.2) is 82.8 Å². The molecule has 5 atom stereocenters. The quantitative estimate of drug-likeness (QED) is 0.0934. The molecule has 1 aliphatic heterocycles. The first kappa shape index (κ1) is 40.9. The summed E-state index contributed by atoms with van der Waals surface area (Å²) in [6.45, 7) is 8.39. The molecule has 0 spiro atoms. The first-order valence-electron chi connectivity index (χ1n) is 23.6. The van der Waals surface area contributed by atoms with Crippen LogP contribution in [0, 0.1) is 58.7 Å². The van der Waals surface area contributed by atoms with Gasteiger partial charge in [-0.05, 0) is 161 Å². The van der Waals surface area contributed by atoms with Crippen molar-refractivity contribution in [3.63, 3.8) is 0 Å². The molecule has 12 heteroatoms. The van der Waals surface area contributed by atoms with E-state index < -0.39 is 35.7 Å². The van der Waals surface area contributed by atoms with E-state index in [9.17, 15) is 28.8 Å². The van der Waals surface area contributed by atoms with Gasteiger partial charge >= 0.3 is 12.0 Å². The summed E-state index contributed by atoms with van der Waals surface area (Å²) in [6, 6.07) is -2.99. The zero-order valence-corrected chi connectivity index (χ0v) is 35.6. The van der Waals surface area contributed by atoms with Gasteiger partial charge in [0.15, 0.2) is 0 Å². The number of carbonyl (C=O) groups is 6. The Kier molecular flexibility index (Phi) is 11.0. The number of hydrogen-bond acceptors (Lipinski definition) is 7. The molecule has 1 heterocycles. The summed E-state index contributed by atoms with van der Waals surface area (Å²) in [6.07, 6.45) is 20.3. The molecular formula is C47H69N5O7. The van der Waals surface area contributed by atoms with Gasteiger partial charge in [0.05, 0.1) is 12.5 Å². The average molecular weight is 816 g/mol. The second kappa shape index (κ2) is 15.8. The van der Waals surface area contributed by atoms with Crippen LogP contribution in [0.3, 0.4) is 0 Å². The molecule has 11 aliphatic rings. The number of allylic oxidation sites excluding steroid dienone is 1. The van der Waals surface area contributed by atoms with E-state index in [2.05, 4.69) is 41.7 Å². The van der Waals surface area contributed by atoms with E-state index in [0.717, 1.165) is 70.6 Å². The third kappa shape index (κ3) is 8.08. The lowest BCUT2D eigenvalue weighted by Crippen LogP contribution is -2.64. The van der Waals surface area contributed by atoms with Crippen molar-refractivity contribution in [2.75, 3.05) is 13.1 Å². The van der Waals surface area contributed by atoms with Gasteiger partial charge in [0, 0.05) is 18.6 Å². The fourth-order valence-electron chi connectivity index (χ4n) is 15.3. The summed E-state index contributed by atoms with van der Waals surface area (Å²) in [5, 5.41) is 12.1. The van der Waals surface area contributed by atoms with E-state index in [1.165, 1.54) is 38.5 Å². The minimum Gasteiger partial charge on any atom is -0.459 e. The number of nitrogens with one attached hydrogen (secondary N) is 4. The molecule has 1 saturated heterocycles. The molecule has 4 N–H and O–H groups in total. The van der Waals surface area contributed by atoms with Crippen molar-refractivity contribution in [3.05, 3.63) is 12.7 Å². The molecule has 1 unspecified atom stereocenters. The number of nitrogens with zero attached hydrogens (tertiary/aromatic N) is 1. The Hall–Kier alpha value is -3.44. The lowest BCUT2D eigenvalue weighted by Gasteiger charge is -2.56. The molecule has 324 valence electrons. The fourth-order valence-corrected chi connectivity index (χ4v) is 15.3. The molecule has 11 rings (SSSR count). The van der Waals surface area contributed by atoms with Gasteiger partial charge in [-0.2, -0.15) is 0 Å². The number of amides is 5. The lowest BCUT2D eigenvalue weighted by atomic mass is 9.53. The number of urea groups is 1. The predicted molar refractivity (Wildman–Crippen MR) is 220 cm³/mol. The van der Waals surface area contributed by atoms with E-state index in [1.807, 2.05) is 0 Å². The van der Waals surface area contributed by atoms with Crippen molar-refractivity contribution in [1.29, 1.82) is 0 Å². The number of hydrogen-bond donors (Lipinski definition) is 4. The van der Waals surface area contributed by atoms with Crippen LogP contribution < -0.4 is 21.3 Å². The van der Waals surface area contributed by atoms with Gasteiger partial charge in [-0.3, -0.25) is 24.0 Å². The van der Waals surface area contributed by atoms with Crippen LogP contribution in [0.4, 0.5) is 4.79 Å². The molecule has 8 bridgehead atoms. The van der Waals surface area contributed by atoms with E-state index >= 15 is 0 Å². The standard InChI is InChI=1S/C47H69N5O7/c1-4-5-11-35(40(54)42(56)48-13-12-36(53)59-47-23-30-17-31(24-47)19-32(18-30)25-47)49-41(55)39-37-34(45(37,2)3)26-52(39)43(57)38(33-9-7-6-8-10-33)50-44(58)51-46-20-27-14-28(21-46)16-29(15-27)22-46/h4,27-35,37-39H,1,5-26H2,2-3H3,(H,48,56)(H,49,55)(H2,50,51,58)/t27?,28?,29?,30?,31?,32?,34-,35?,37-,38-,39-,46?,47?/m0/s1. The molecule has 0 aromatic heterocycles. The minimum atomic E-state index is -1.13. The molecule has 11 fully saturated rings. The zero-order chi connectivity index (χ0) is 41.3. The Labute approximate surface area is 350 Å². The summed E-state index contributed by atoms with van der Waals surface area (Å²) in [5.41, 5.74) is -0.744. The SMILES string of the molecule is C=CCCC(NC(=O)[C@@H]1[C@@H]2[C@H](CN1C(=O)[C@@H](NC(=O)NC13CC4CC(CC(C4)C1)C3)C1CCCCC1)C2(C)C)C(=O)C(=O)NCCC(=O)OC12CC3CC(CC(C3)C1)C2. The minimum absolute atomic E-state index is 0.0255. The molecule has 0 radical (unpaired) electrons. The number of fused-ring (bicyclic) bond motifs is 1. The molecule has 5 amide bonds. The maximum absolute atomic E-state index is 14.8. The van der Waals surface area contributed by atoms with E-state index in [1.54, 1.807) is 11.0 Å². The predicted octanol–water partition coefficient (Wildman–Crippen LogP) is 5.72. The molecule has 0 aromatic rings. The molecule has 12 nitrogen and oxygen atoms in total. The van der Waals surface area contributed by atoms with Crippen LogP contribution in [-0.2, 0) is 28.7 Å². The number of carbonyl (C=O) groups excluding carboxylic acids is 6. The van der Waals surface area contributed by atoms with Gasteiger partial charge in [0.1, 0.15) is 17.7 Å². The van der Waals surface area contributed by atoms with E-state index in [0.29, 0.717) is 48.5 Å². The highest BCUT2D eigenvalue weighted by Crippen LogP contribution is 2.65. The summed E-state index contributed by atoms with van der Waals surface area (Å²) in [5.74, 6) is 1.21. The maximum Gasteiger partial charge on any atom is 0.315 e. The summed E-state index contributed by atoms with van der Waals surface area (Å²) < 4.78 is 6.09. The molecule has 10 saturated carbocycles. The monoisotopic (exact) mass is 816 g/mol. The van der Waals surface area contributed by atoms with Crippen molar-refractivity contribution in [3.8, 4) is 0 Å². The van der Waals surface area contributed by atoms with E-state index in [-0.39, 0.29) is 71.6 Å². The highest BCUT2D eigenvalue weighted by molar-refractivity contribution is 6.38. The van der Waals surface area contributed by atoms with Crippen molar-refractivity contribution in [2.24, 2.45) is 58.7 Å². The lowest BCUT2D eigenvalue weighted by molar-refractivity contribution is -0.186. The summed E-state index contributed by atoms with van der Waals surface area (Å²) in [4.78, 5) is 84.9. The fraction of sp³-hybridized carbons (Fsp3) is 0.830. The van der Waals surface area contributed by atoms with Gasteiger partial charge in [-0.15, -0.1) is 6.58 Å². The van der Waals surface area contributed by atoms with Crippen molar-refractivity contribution in [1.82, 2.24) is 26.2 Å². The van der Waals surface area contributed by atoms with Crippen LogP contribution in [0.25, 0.3) is 0 Å². The second-order valence-corrected chi connectivity index (χ2v) is 21.9. The smallest absolute Gasteiger partial charge is 0.315 e. The topological polar surface area (TPSA) is 163 Å².